The average Bonchev–Trinajstić information content (AvgIpc) is 2.85. The third kappa shape index (κ3) is 6.99. The zero-order valence-electron chi connectivity index (χ0n) is 19.4. The van der Waals surface area contributed by atoms with Crippen LogP contribution in [0.1, 0.15) is 27.9 Å². The van der Waals surface area contributed by atoms with Gasteiger partial charge in [-0.15, -0.1) is 0 Å². The lowest BCUT2D eigenvalue weighted by molar-refractivity contribution is -0.139. The minimum Gasteiger partial charge on any atom is -0.490 e. The van der Waals surface area contributed by atoms with Crippen LogP contribution in [0.5, 0.6) is 5.75 Å². The van der Waals surface area contributed by atoms with Crippen molar-refractivity contribution in [1.29, 1.82) is 0 Å². The normalized spacial score (nSPS) is 11.8. The van der Waals surface area contributed by atoms with Crippen molar-refractivity contribution in [3.8, 4) is 16.9 Å². The molecule has 5 nitrogen and oxygen atoms in total. The molecule has 0 fully saturated rings. The summed E-state index contributed by atoms with van der Waals surface area (Å²) in [6.45, 7) is 2.36. The predicted octanol–water partition coefficient (Wildman–Crippen LogP) is 5.69. The minimum atomic E-state index is -1.04. The van der Waals surface area contributed by atoms with Gasteiger partial charge >= 0.3 is 5.97 Å². The Morgan fingerprint density at radius 3 is 2.47 bits per heavy atom. The van der Waals surface area contributed by atoms with Crippen LogP contribution in [0, 0.1) is 6.92 Å². The number of aliphatic carboxylic acids is 1. The Morgan fingerprint density at radius 1 is 1.03 bits per heavy atom. The van der Waals surface area contributed by atoms with Gasteiger partial charge in [0.2, 0.25) is 0 Å². The number of ether oxygens (including phenoxy) is 1. The van der Waals surface area contributed by atoms with Gasteiger partial charge in [-0.1, -0.05) is 60.7 Å². The third-order valence-electron chi connectivity index (χ3n) is 5.34. The molecule has 1 atom stereocenters. The molecule has 0 aromatic heterocycles. The largest absolute Gasteiger partial charge is 0.490 e. The number of nitrogens with one attached hydrogen (secondary N) is 1. The molecular weight excluding hydrogens is 446 g/mol. The Labute approximate surface area is 204 Å². The fourth-order valence-corrected chi connectivity index (χ4v) is 4.00. The molecule has 0 heterocycles. The predicted molar refractivity (Wildman–Crippen MR) is 139 cm³/mol. The van der Waals surface area contributed by atoms with Crippen molar-refractivity contribution >= 4 is 29.7 Å². The van der Waals surface area contributed by atoms with Crippen LogP contribution in [0.25, 0.3) is 17.2 Å². The zero-order valence-corrected chi connectivity index (χ0v) is 20.2. The van der Waals surface area contributed by atoms with E-state index in [2.05, 4.69) is 5.32 Å². The second kappa shape index (κ2) is 12.7. The number of carboxylic acids is 1. The van der Waals surface area contributed by atoms with Gasteiger partial charge in [-0.3, -0.25) is 4.79 Å². The summed E-state index contributed by atoms with van der Waals surface area (Å²) in [6.07, 6.45) is 6.19. The highest BCUT2D eigenvalue weighted by Gasteiger charge is 2.22. The van der Waals surface area contributed by atoms with Crippen molar-refractivity contribution in [2.45, 2.75) is 19.4 Å². The molecule has 0 bridgehead atoms. The fourth-order valence-electron chi connectivity index (χ4n) is 3.53. The quantitative estimate of drug-likeness (QED) is 0.373. The number of thioether (sulfide) groups is 1. The van der Waals surface area contributed by atoms with Gasteiger partial charge in [0.1, 0.15) is 18.4 Å². The number of hydrogen-bond donors (Lipinski definition) is 2. The molecule has 34 heavy (non-hydrogen) atoms. The Bertz CT molecular complexity index is 1140. The first-order valence-corrected chi connectivity index (χ1v) is 12.5. The van der Waals surface area contributed by atoms with Crippen LogP contribution in [-0.2, 0) is 4.79 Å². The Kier molecular flexibility index (Phi) is 9.35. The molecule has 0 saturated heterocycles. The highest BCUT2D eigenvalue weighted by molar-refractivity contribution is 7.98. The molecule has 0 aliphatic carbocycles. The number of benzene rings is 3. The number of hydrogen-bond acceptors (Lipinski definition) is 4. The minimum absolute atomic E-state index is 0.358. The van der Waals surface area contributed by atoms with Gasteiger partial charge in [-0.25, -0.2) is 4.79 Å². The van der Waals surface area contributed by atoms with E-state index >= 15 is 0 Å². The standard InChI is InChI=1S/C28H29NO4S/c1-20-9-6-7-13-23(20)25-19-22(33-17-8-12-21-10-4-3-5-11-21)14-15-24(25)27(30)29-26(28(31)32)16-18-34-2/h3-15,19,26H,16-18H2,1-2H3,(H,29,30)(H,31,32)/b12-8+/t26-/m0/s1. The van der Waals surface area contributed by atoms with E-state index in [4.69, 9.17) is 4.74 Å². The first kappa shape index (κ1) is 25.1. The summed E-state index contributed by atoms with van der Waals surface area (Å²) in [5, 5.41) is 12.2. The first-order chi connectivity index (χ1) is 16.5. The van der Waals surface area contributed by atoms with Crippen LogP contribution in [0.3, 0.4) is 0 Å². The Balaban J connectivity index is 1.84. The number of carbonyl (C=O) groups is 2. The van der Waals surface area contributed by atoms with Crippen molar-refractivity contribution in [3.05, 3.63) is 95.6 Å². The molecule has 3 rings (SSSR count). The Hall–Kier alpha value is -3.51. The van der Waals surface area contributed by atoms with Gasteiger partial charge in [-0.05, 0) is 71.9 Å². The second-order valence-electron chi connectivity index (χ2n) is 7.79. The van der Waals surface area contributed by atoms with E-state index in [1.807, 2.05) is 86.0 Å². The molecule has 0 aliphatic rings. The molecule has 0 unspecified atom stereocenters. The van der Waals surface area contributed by atoms with E-state index in [9.17, 15) is 14.7 Å². The van der Waals surface area contributed by atoms with E-state index in [-0.39, 0.29) is 0 Å². The van der Waals surface area contributed by atoms with Gasteiger partial charge in [-0.2, -0.15) is 11.8 Å². The monoisotopic (exact) mass is 475 g/mol. The molecule has 3 aromatic rings. The molecule has 0 spiro atoms. The lowest BCUT2D eigenvalue weighted by Crippen LogP contribution is -2.41. The zero-order chi connectivity index (χ0) is 24.3. The van der Waals surface area contributed by atoms with Gasteiger partial charge in [0.15, 0.2) is 0 Å². The van der Waals surface area contributed by atoms with Crippen LogP contribution >= 0.6 is 11.8 Å². The smallest absolute Gasteiger partial charge is 0.326 e. The van der Waals surface area contributed by atoms with Crippen LogP contribution < -0.4 is 10.1 Å². The van der Waals surface area contributed by atoms with E-state index in [1.165, 1.54) is 0 Å². The van der Waals surface area contributed by atoms with Gasteiger partial charge in [0.25, 0.3) is 5.91 Å². The van der Waals surface area contributed by atoms with Crippen LogP contribution in [0.15, 0.2) is 78.9 Å². The molecule has 0 radical (unpaired) electrons. The summed E-state index contributed by atoms with van der Waals surface area (Å²) >= 11 is 1.55. The maximum absolute atomic E-state index is 13.1. The van der Waals surface area contributed by atoms with Crippen molar-refractivity contribution in [2.75, 3.05) is 18.6 Å². The van der Waals surface area contributed by atoms with E-state index < -0.39 is 17.9 Å². The second-order valence-corrected chi connectivity index (χ2v) is 8.78. The lowest BCUT2D eigenvalue weighted by Gasteiger charge is -2.17. The van der Waals surface area contributed by atoms with Crippen molar-refractivity contribution in [3.63, 3.8) is 0 Å². The number of carboxylic acid groups (broad SMARTS) is 1. The number of carbonyl (C=O) groups excluding carboxylic acids is 1. The molecular formula is C28H29NO4S. The molecule has 3 aromatic carbocycles. The van der Waals surface area contributed by atoms with E-state index in [1.54, 1.807) is 23.9 Å². The summed E-state index contributed by atoms with van der Waals surface area (Å²) < 4.78 is 5.92. The van der Waals surface area contributed by atoms with Crippen molar-refractivity contribution < 1.29 is 19.4 Å². The average molecular weight is 476 g/mol. The molecule has 176 valence electrons. The summed E-state index contributed by atoms with van der Waals surface area (Å²) in [7, 11) is 0. The summed E-state index contributed by atoms with van der Waals surface area (Å²) in [5.74, 6) is -0.178. The molecule has 6 heteroatoms. The number of rotatable bonds is 11. The molecule has 1 amide bonds. The van der Waals surface area contributed by atoms with Crippen LogP contribution in [-0.4, -0.2) is 41.6 Å². The molecule has 0 aliphatic heterocycles. The summed E-state index contributed by atoms with van der Waals surface area (Å²) in [6, 6.07) is 22.1. The first-order valence-electron chi connectivity index (χ1n) is 11.1. The number of aryl methyl sites for hydroxylation is 1. The fraction of sp³-hybridized carbons (Fsp3) is 0.214. The third-order valence-corrected chi connectivity index (χ3v) is 5.99. The van der Waals surface area contributed by atoms with Crippen LogP contribution in [0.2, 0.25) is 0 Å². The van der Waals surface area contributed by atoms with Crippen molar-refractivity contribution in [2.24, 2.45) is 0 Å². The molecule has 2 N–H and O–H groups in total. The van der Waals surface area contributed by atoms with Gasteiger partial charge in [0.05, 0.1) is 0 Å². The molecule has 0 saturated carbocycles. The number of amides is 1. The van der Waals surface area contributed by atoms with Gasteiger partial charge in [0, 0.05) is 5.56 Å². The highest BCUT2D eigenvalue weighted by atomic mass is 32.2. The summed E-state index contributed by atoms with van der Waals surface area (Å²) in [5.41, 5.74) is 4.11. The maximum Gasteiger partial charge on any atom is 0.326 e. The topological polar surface area (TPSA) is 75.6 Å². The summed E-state index contributed by atoms with van der Waals surface area (Å²) in [4.78, 5) is 24.8. The van der Waals surface area contributed by atoms with E-state index in [0.717, 1.165) is 16.7 Å². The van der Waals surface area contributed by atoms with Gasteiger partial charge < -0.3 is 15.2 Å². The maximum atomic E-state index is 13.1. The van der Waals surface area contributed by atoms with Crippen LogP contribution in [0.4, 0.5) is 0 Å². The van der Waals surface area contributed by atoms with Crippen molar-refractivity contribution in [1.82, 2.24) is 5.32 Å². The lowest BCUT2D eigenvalue weighted by atomic mass is 9.95. The Morgan fingerprint density at radius 2 is 1.76 bits per heavy atom. The SMILES string of the molecule is CSCC[C@H](NC(=O)c1ccc(OC/C=C/c2ccccc2)cc1-c1ccccc1C)C(=O)O. The highest BCUT2D eigenvalue weighted by Crippen LogP contribution is 2.31. The van der Waals surface area contributed by atoms with E-state index in [0.29, 0.717) is 35.7 Å².